The number of rotatable bonds is 2. The van der Waals surface area contributed by atoms with Crippen LogP contribution in [0.15, 0.2) is 29.8 Å². The van der Waals surface area contributed by atoms with E-state index in [4.69, 9.17) is 10.5 Å². The van der Waals surface area contributed by atoms with Gasteiger partial charge in [0.25, 0.3) is 0 Å². The van der Waals surface area contributed by atoms with Crippen LogP contribution >= 0.6 is 11.3 Å². The van der Waals surface area contributed by atoms with Crippen molar-refractivity contribution in [2.45, 2.75) is 0 Å². The Morgan fingerprint density at radius 2 is 2.31 bits per heavy atom. The predicted octanol–water partition coefficient (Wildman–Crippen LogP) is 1.65. The zero-order chi connectivity index (χ0) is 11.5. The highest BCUT2D eigenvalue weighted by Crippen LogP contribution is 2.21. The topological polar surface area (TPSA) is 85.4 Å². The quantitative estimate of drug-likeness (QED) is 0.611. The number of aromatic nitrogens is 1. The van der Waals surface area contributed by atoms with Gasteiger partial charge in [-0.3, -0.25) is 0 Å². The van der Waals surface area contributed by atoms with E-state index in [9.17, 15) is 9.90 Å². The molecule has 0 spiro atoms. The van der Waals surface area contributed by atoms with E-state index in [0.717, 1.165) is 11.3 Å². The van der Waals surface area contributed by atoms with Gasteiger partial charge in [-0.15, -0.1) is 11.3 Å². The van der Waals surface area contributed by atoms with Crippen LogP contribution in [0.1, 0.15) is 9.67 Å². The van der Waals surface area contributed by atoms with Crippen molar-refractivity contribution in [2.24, 2.45) is 0 Å². The van der Waals surface area contributed by atoms with Crippen molar-refractivity contribution in [1.82, 2.24) is 4.98 Å². The summed E-state index contributed by atoms with van der Waals surface area (Å²) < 4.78 is 5.01. The second-order valence-electron chi connectivity index (χ2n) is 2.95. The van der Waals surface area contributed by atoms with Crippen LogP contribution in [-0.4, -0.2) is 16.1 Å². The lowest BCUT2D eigenvalue weighted by atomic mass is 10.3. The molecule has 0 unspecified atom stereocenters. The molecule has 0 fully saturated rings. The highest BCUT2D eigenvalue weighted by Gasteiger charge is 2.14. The number of esters is 1. The molecule has 3 N–H and O–H groups in total. The smallest absolute Gasteiger partial charge is 0.357 e. The van der Waals surface area contributed by atoms with Crippen molar-refractivity contribution in [3.05, 3.63) is 34.7 Å². The van der Waals surface area contributed by atoms with Gasteiger partial charge in [-0.25, -0.2) is 9.78 Å². The van der Waals surface area contributed by atoms with Crippen molar-refractivity contribution in [3.8, 4) is 11.5 Å². The summed E-state index contributed by atoms with van der Waals surface area (Å²) in [4.78, 5) is 15.6. The number of nitrogens with two attached hydrogens (primary N) is 1. The summed E-state index contributed by atoms with van der Waals surface area (Å²) in [6.07, 6.45) is 0. The molecule has 1 aromatic carbocycles. The fourth-order valence-electron chi connectivity index (χ4n) is 1.11. The molecule has 6 heteroatoms. The van der Waals surface area contributed by atoms with Crippen molar-refractivity contribution in [3.63, 3.8) is 0 Å². The van der Waals surface area contributed by atoms with E-state index < -0.39 is 5.97 Å². The van der Waals surface area contributed by atoms with Gasteiger partial charge in [-0.1, -0.05) is 6.07 Å². The van der Waals surface area contributed by atoms with Crippen LogP contribution in [0, 0.1) is 0 Å². The molecular formula is C10H8N2O3S. The van der Waals surface area contributed by atoms with Crippen LogP contribution in [0.3, 0.4) is 0 Å². The van der Waals surface area contributed by atoms with Gasteiger partial charge in [0, 0.05) is 6.07 Å². The first-order chi connectivity index (χ1) is 7.66. The zero-order valence-corrected chi connectivity index (χ0v) is 8.90. The Labute approximate surface area is 95.1 Å². The van der Waals surface area contributed by atoms with Gasteiger partial charge in [0.15, 0.2) is 4.88 Å². The normalized spacial score (nSPS) is 10.0. The van der Waals surface area contributed by atoms with Gasteiger partial charge >= 0.3 is 5.97 Å². The van der Waals surface area contributed by atoms with Crippen molar-refractivity contribution in [1.29, 1.82) is 0 Å². The lowest BCUT2D eigenvalue weighted by Crippen LogP contribution is -2.08. The molecule has 0 bridgehead atoms. The van der Waals surface area contributed by atoms with Gasteiger partial charge in [0.1, 0.15) is 17.3 Å². The average Bonchev–Trinajstić information content (AvgIpc) is 2.64. The number of nitrogen functional groups attached to an aromatic ring is 1. The van der Waals surface area contributed by atoms with Crippen LogP contribution in [-0.2, 0) is 0 Å². The minimum absolute atomic E-state index is 0.0302. The number of ether oxygens (including phenoxy) is 1. The third-order valence-corrected chi connectivity index (χ3v) is 2.63. The molecule has 16 heavy (non-hydrogen) atoms. The number of nitrogens with zero attached hydrogens (tertiary/aromatic N) is 1. The third kappa shape index (κ3) is 2.12. The molecule has 1 heterocycles. The number of phenols is 1. The maximum absolute atomic E-state index is 11.6. The van der Waals surface area contributed by atoms with Crippen LogP contribution < -0.4 is 10.5 Å². The van der Waals surface area contributed by atoms with E-state index in [1.54, 1.807) is 12.1 Å². The van der Waals surface area contributed by atoms with Crippen LogP contribution in [0.4, 0.5) is 5.82 Å². The van der Waals surface area contributed by atoms with Crippen LogP contribution in [0.5, 0.6) is 11.5 Å². The van der Waals surface area contributed by atoms with Gasteiger partial charge in [-0.05, 0) is 12.1 Å². The Kier molecular flexibility index (Phi) is 2.74. The summed E-state index contributed by atoms with van der Waals surface area (Å²) in [5, 5.41) is 9.19. The van der Waals surface area contributed by atoms with Gasteiger partial charge in [0.2, 0.25) is 0 Å². The number of carbonyl (C=O) groups excluding carboxylic acids is 1. The molecule has 0 saturated carbocycles. The molecule has 82 valence electrons. The molecule has 0 aliphatic carbocycles. The number of anilines is 1. The molecule has 5 nitrogen and oxygen atoms in total. The number of phenolic OH excluding ortho intramolecular Hbond substituents is 1. The molecule has 0 amide bonds. The molecule has 2 rings (SSSR count). The lowest BCUT2D eigenvalue weighted by Gasteiger charge is -2.02. The first-order valence-corrected chi connectivity index (χ1v) is 5.25. The molecule has 0 radical (unpaired) electrons. The lowest BCUT2D eigenvalue weighted by molar-refractivity contribution is 0.0740. The van der Waals surface area contributed by atoms with Gasteiger partial charge < -0.3 is 15.6 Å². The minimum Gasteiger partial charge on any atom is -0.508 e. The van der Waals surface area contributed by atoms with E-state index >= 15 is 0 Å². The summed E-state index contributed by atoms with van der Waals surface area (Å²) in [7, 11) is 0. The van der Waals surface area contributed by atoms with Crippen LogP contribution in [0.2, 0.25) is 0 Å². The summed E-state index contributed by atoms with van der Waals surface area (Å²) in [6.45, 7) is 0. The second-order valence-corrected chi connectivity index (χ2v) is 3.81. The van der Waals surface area contributed by atoms with Crippen molar-refractivity contribution in [2.75, 3.05) is 5.73 Å². The summed E-state index contributed by atoms with van der Waals surface area (Å²) in [5.74, 6) is -0.138. The average molecular weight is 236 g/mol. The highest BCUT2D eigenvalue weighted by atomic mass is 32.1. The van der Waals surface area contributed by atoms with Crippen molar-refractivity contribution < 1.29 is 14.6 Å². The largest absolute Gasteiger partial charge is 0.508 e. The second kappa shape index (κ2) is 4.19. The Bertz CT molecular complexity index is 524. The monoisotopic (exact) mass is 236 g/mol. The highest BCUT2D eigenvalue weighted by molar-refractivity contribution is 7.12. The maximum Gasteiger partial charge on any atom is 0.357 e. The third-order valence-electron chi connectivity index (χ3n) is 1.81. The molecule has 1 aromatic heterocycles. The molecule has 2 aromatic rings. The van der Waals surface area contributed by atoms with Gasteiger partial charge in [-0.2, -0.15) is 0 Å². The fraction of sp³-hybridized carbons (Fsp3) is 0. The first kappa shape index (κ1) is 10.4. The van der Waals surface area contributed by atoms with E-state index in [1.807, 2.05) is 0 Å². The first-order valence-electron chi connectivity index (χ1n) is 4.37. The number of benzene rings is 1. The number of carbonyl (C=O) groups is 1. The van der Waals surface area contributed by atoms with E-state index in [0.29, 0.717) is 0 Å². The number of hydrogen-bond acceptors (Lipinski definition) is 6. The SMILES string of the molecule is Nc1ncsc1C(=O)Oc1cccc(O)c1. The minimum atomic E-state index is -0.578. The summed E-state index contributed by atoms with van der Waals surface area (Å²) in [6, 6.07) is 5.97. The van der Waals surface area contributed by atoms with Gasteiger partial charge in [0.05, 0.1) is 5.51 Å². The molecule has 0 saturated heterocycles. The molecule has 0 aliphatic rings. The van der Waals surface area contributed by atoms with E-state index in [1.165, 1.54) is 17.6 Å². The van der Waals surface area contributed by atoms with E-state index in [-0.39, 0.29) is 22.2 Å². The molecule has 0 atom stereocenters. The number of hydrogen-bond donors (Lipinski definition) is 2. The zero-order valence-electron chi connectivity index (χ0n) is 8.08. The number of thiazole rings is 1. The maximum atomic E-state index is 11.6. The van der Waals surface area contributed by atoms with E-state index in [2.05, 4.69) is 4.98 Å². The summed E-state index contributed by atoms with van der Waals surface area (Å²) in [5.41, 5.74) is 6.94. The molecular weight excluding hydrogens is 228 g/mol. The standard InChI is InChI=1S/C10H8N2O3S/c11-9-8(16-5-12-9)10(14)15-7-3-1-2-6(13)4-7/h1-5,13H,11H2. The predicted molar refractivity (Wildman–Crippen MR) is 59.6 cm³/mol. The molecule has 0 aliphatic heterocycles. The Morgan fingerprint density at radius 1 is 1.50 bits per heavy atom. The van der Waals surface area contributed by atoms with Crippen LogP contribution in [0.25, 0.3) is 0 Å². The Balaban J connectivity index is 2.17. The number of aromatic hydroxyl groups is 1. The fourth-order valence-corrected chi connectivity index (χ4v) is 1.69. The summed E-state index contributed by atoms with van der Waals surface area (Å²) >= 11 is 1.11. The van der Waals surface area contributed by atoms with Crippen molar-refractivity contribution >= 4 is 23.1 Å². The Morgan fingerprint density at radius 3 is 2.94 bits per heavy atom. The Hall–Kier alpha value is -2.08.